The summed E-state index contributed by atoms with van der Waals surface area (Å²) in [4.78, 5) is 4.07. The first-order chi connectivity index (χ1) is 6.59. The molecular formula is C10H12ClNO2. The molecule has 1 aliphatic rings. The molecule has 0 fully saturated rings. The molecule has 2 rings (SSSR count). The highest BCUT2D eigenvalue weighted by molar-refractivity contribution is 6.31. The average molecular weight is 214 g/mol. The average Bonchev–Trinajstić information content (AvgIpc) is 2.48. The summed E-state index contributed by atoms with van der Waals surface area (Å²) < 4.78 is 5.40. The van der Waals surface area contributed by atoms with Gasteiger partial charge in [0, 0.05) is 11.5 Å². The second-order valence-corrected chi connectivity index (χ2v) is 4.00. The number of aromatic nitrogens is 1. The SMILES string of the molecule is CC(O)c1cc2c(c(Cl)n1)OC[C@H]2C. The van der Waals surface area contributed by atoms with Gasteiger partial charge in [0.25, 0.3) is 0 Å². The summed E-state index contributed by atoms with van der Waals surface area (Å²) in [6.45, 7) is 4.37. The standard InChI is InChI=1S/C10H12ClNO2/c1-5-4-14-9-7(5)3-8(6(2)13)12-10(9)11/h3,5-6,13H,4H2,1-2H3/t5-,6?/m1/s1. The van der Waals surface area contributed by atoms with Crippen molar-refractivity contribution in [3.8, 4) is 5.75 Å². The van der Waals surface area contributed by atoms with E-state index in [9.17, 15) is 5.11 Å². The van der Waals surface area contributed by atoms with Crippen LogP contribution in [0, 0.1) is 0 Å². The molecule has 3 nitrogen and oxygen atoms in total. The molecule has 0 aliphatic carbocycles. The normalized spacial score (nSPS) is 21.6. The molecule has 4 heteroatoms. The van der Waals surface area contributed by atoms with Gasteiger partial charge in [-0.1, -0.05) is 18.5 Å². The lowest BCUT2D eigenvalue weighted by atomic mass is 10.0. The Morgan fingerprint density at radius 2 is 2.43 bits per heavy atom. The largest absolute Gasteiger partial charge is 0.489 e. The van der Waals surface area contributed by atoms with E-state index in [0.29, 0.717) is 29.1 Å². The summed E-state index contributed by atoms with van der Waals surface area (Å²) in [6.07, 6.45) is -0.592. The van der Waals surface area contributed by atoms with Crippen molar-refractivity contribution in [1.29, 1.82) is 0 Å². The van der Waals surface area contributed by atoms with E-state index < -0.39 is 6.10 Å². The second kappa shape index (κ2) is 3.41. The van der Waals surface area contributed by atoms with Gasteiger partial charge in [0.15, 0.2) is 10.9 Å². The van der Waals surface area contributed by atoms with Crippen LogP contribution in [0.2, 0.25) is 5.15 Å². The number of fused-ring (bicyclic) bond motifs is 1. The second-order valence-electron chi connectivity index (χ2n) is 3.64. The van der Waals surface area contributed by atoms with Gasteiger partial charge in [0.2, 0.25) is 0 Å². The van der Waals surface area contributed by atoms with Gasteiger partial charge in [-0.25, -0.2) is 4.98 Å². The topological polar surface area (TPSA) is 42.4 Å². The molecule has 1 aliphatic heterocycles. The zero-order chi connectivity index (χ0) is 10.3. The van der Waals surface area contributed by atoms with Crippen LogP contribution in [0.15, 0.2) is 6.07 Å². The molecular weight excluding hydrogens is 202 g/mol. The smallest absolute Gasteiger partial charge is 0.171 e. The minimum absolute atomic E-state index is 0.322. The maximum Gasteiger partial charge on any atom is 0.171 e. The van der Waals surface area contributed by atoms with Crippen LogP contribution < -0.4 is 4.74 Å². The van der Waals surface area contributed by atoms with Crippen molar-refractivity contribution in [2.24, 2.45) is 0 Å². The van der Waals surface area contributed by atoms with E-state index >= 15 is 0 Å². The van der Waals surface area contributed by atoms with Crippen molar-refractivity contribution in [3.05, 3.63) is 22.5 Å². The van der Waals surface area contributed by atoms with Crippen LogP contribution in [-0.4, -0.2) is 16.7 Å². The number of hydrogen-bond donors (Lipinski definition) is 1. The summed E-state index contributed by atoms with van der Waals surface area (Å²) >= 11 is 5.94. The Kier molecular flexibility index (Phi) is 2.37. The van der Waals surface area contributed by atoms with Gasteiger partial charge in [0.05, 0.1) is 18.4 Å². The summed E-state index contributed by atoms with van der Waals surface area (Å²) in [5.41, 5.74) is 1.65. The fourth-order valence-corrected chi connectivity index (χ4v) is 1.82. The maximum absolute atomic E-state index is 9.40. The fourth-order valence-electron chi connectivity index (χ4n) is 1.56. The number of halogens is 1. The summed E-state index contributed by atoms with van der Waals surface area (Å²) in [5, 5.41) is 9.75. The number of rotatable bonds is 1. The molecule has 14 heavy (non-hydrogen) atoms. The number of ether oxygens (including phenoxy) is 1. The number of aliphatic hydroxyl groups excluding tert-OH is 1. The van der Waals surface area contributed by atoms with Crippen molar-refractivity contribution in [2.75, 3.05) is 6.61 Å². The molecule has 2 atom stereocenters. The van der Waals surface area contributed by atoms with Gasteiger partial charge < -0.3 is 9.84 Å². The van der Waals surface area contributed by atoms with Crippen molar-refractivity contribution in [3.63, 3.8) is 0 Å². The van der Waals surface area contributed by atoms with Gasteiger partial charge in [-0.3, -0.25) is 0 Å². The Hall–Kier alpha value is -0.800. The van der Waals surface area contributed by atoms with Crippen LogP contribution in [0.25, 0.3) is 0 Å². The van der Waals surface area contributed by atoms with E-state index in [-0.39, 0.29) is 0 Å². The van der Waals surface area contributed by atoms with Gasteiger partial charge in [0.1, 0.15) is 0 Å². The van der Waals surface area contributed by atoms with Crippen LogP contribution in [0.5, 0.6) is 5.75 Å². The minimum Gasteiger partial charge on any atom is -0.489 e. The Bertz CT molecular complexity index is 365. The van der Waals surface area contributed by atoms with Gasteiger partial charge >= 0.3 is 0 Å². The zero-order valence-electron chi connectivity index (χ0n) is 8.12. The monoisotopic (exact) mass is 213 g/mol. The number of pyridine rings is 1. The molecule has 1 aromatic heterocycles. The first-order valence-corrected chi connectivity index (χ1v) is 4.98. The summed E-state index contributed by atoms with van der Waals surface area (Å²) in [5.74, 6) is 0.992. The lowest BCUT2D eigenvalue weighted by Gasteiger charge is -2.08. The summed E-state index contributed by atoms with van der Waals surface area (Å²) in [7, 11) is 0. The first-order valence-electron chi connectivity index (χ1n) is 4.60. The predicted molar refractivity (Wildman–Crippen MR) is 53.8 cm³/mol. The third kappa shape index (κ3) is 1.47. The number of nitrogens with zero attached hydrogens (tertiary/aromatic N) is 1. The molecule has 1 aromatic rings. The van der Waals surface area contributed by atoms with E-state index in [1.54, 1.807) is 6.92 Å². The molecule has 0 amide bonds. The van der Waals surface area contributed by atoms with Crippen LogP contribution in [0.3, 0.4) is 0 Å². The molecule has 0 saturated heterocycles. The third-order valence-corrected chi connectivity index (χ3v) is 2.67. The highest BCUT2D eigenvalue weighted by Gasteiger charge is 2.25. The van der Waals surface area contributed by atoms with Gasteiger partial charge in [-0.05, 0) is 13.0 Å². The molecule has 76 valence electrons. The van der Waals surface area contributed by atoms with E-state index in [1.807, 2.05) is 6.07 Å². The Labute approximate surface area is 87.7 Å². The molecule has 0 radical (unpaired) electrons. The zero-order valence-corrected chi connectivity index (χ0v) is 8.88. The quantitative estimate of drug-likeness (QED) is 0.728. The third-order valence-electron chi connectivity index (χ3n) is 2.42. The van der Waals surface area contributed by atoms with Crippen LogP contribution in [0.4, 0.5) is 0 Å². The van der Waals surface area contributed by atoms with Crippen molar-refractivity contribution < 1.29 is 9.84 Å². The molecule has 1 unspecified atom stereocenters. The van der Waals surface area contributed by atoms with Crippen molar-refractivity contribution >= 4 is 11.6 Å². The van der Waals surface area contributed by atoms with E-state index in [4.69, 9.17) is 16.3 Å². The Morgan fingerprint density at radius 1 is 1.71 bits per heavy atom. The minimum atomic E-state index is -0.592. The van der Waals surface area contributed by atoms with Gasteiger partial charge in [-0.15, -0.1) is 0 Å². The first kappa shape index (κ1) is 9.74. The predicted octanol–water partition coefficient (Wildman–Crippen LogP) is 2.28. The Balaban J connectivity index is 2.52. The maximum atomic E-state index is 9.40. The fraction of sp³-hybridized carbons (Fsp3) is 0.500. The van der Waals surface area contributed by atoms with E-state index in [1.165, 1.54) is 0 Å². The highest BCUT2D eigenvalue weighted by Crippen LogP contribution is 2.39. The molecule has 0 saturated carbocycles. The number of hydrogen-bond acceptors (Lipinski definition) is 3. The van der Waals surface area contributed by atoms with Crippen LogP contribution >= 0.6 is 11.6 Å². The summed E-state index contributed by atoms with van der Waals surface area (Å²) in [6, 6.07) is 1.86. The lowest BCUT2D eigenvalue weighted by molar-refractivity contribution is 0.194. The van der Waals surface area contributed by atoms with E-state index in [2.05, 4.69) is 11.9 Å². The Morgan fingerprint density at radius 3 is 3.07 bits per heavy atom. The van der Waals surface area contributed by atoms with Crippen molar-refractivity contribution in [1.82, 2.24) is 4.98 Å². The van der Waals surface area contributed by atoms with E-state index in [0.717, 1.165) is 5.56 Å². The highest BCUT2D eigenvalue weighted by atomic mass is 35.5. The van der Waals surface area contributed by atoms with Gasteiger partial charge in [-0.2, -0.15) is 0 Å². The lowest BCUT2D eigenvalue weighted by Crippen LogP contribution is -1.98. The van der Waals surface area contributed by atoms with Crippen LogP contribution in [0.1, 0.15) is 37.1 Å². The molecule has 2 heterocycles. The molecule has 0 bridgehead atoms. The van der Waals surface area contributed by atoms with Crippen molar-refractivity contribution in [2.45, 2.75) is 25.9 Å². The molecule has 0 aromatic carbocycles. The van der Waals surface area contributed by atoms with Crippen LogP contribution in [-0.2, 0) is 0 Å². The number of aliphatic hydroxyl groups is 1. The molecule has 1 N–H and O–H groups in total. The molecule has 0 spiro atoms.